The van der Waals surface area contributed by atoms with Gasteiger partial charge in [-0.2, -0.15) is 11.8 Å². The predicted octanol–water partition coefficient (Wildman–Crippen LogP) is 1.17. The molecule has 1 unspecified atom stereocenters. The van der Waals surface area contributed by atoms with Gasteiger partial charge in [0, 0.05) is 36.4 Å². The quantitative estimate of drug-likeness (QED) is 0.843. The summed E-state index contributed by atoms with van der Waals surface area (Å²) < 4.78 is 24.2. The Morgan fingerprint density at radius 3 is 2.56 bits per heavy atom. The summed E-state index contributed by atoms with van der Waals surface area (Å²) in [5.74, 6) is 1.87. The number of hydrogen-bond acceptors (Lipinski definition) is 5. The Labute approximate surface area is 116 Å². The molecule has 1 heterocycles. The van der Waals surface area contributed by atoms with E-state index >= 15 is 0 Å². The van der Waals surface area contributed by atoms with E-state index in [2.05, 4.69) is 25.7 Å². The van der Waals surface area contributed by atoms with Gasteiger partial charge in [0.25, 0.3) is 0 Å². The van der Waals surface area contributed by atoms with Crippen LogP contribution >= 0.6 is 11.8 Å². The summed E-state index contributed by atoms with van der Waals surface area (Å²) in [6.07, 6.45) is 0. The van der Waals surface area contributed by atoms with Gasteiger partial charge in [-0.3, -0.25) is 4.90 Å². The highest BCUT2D eigenvalue weighted by atomic mass is 32.2. The van der Waals surface area contributed by atoms with Crippen molar-refractivity contribution in [2.24, 2.45) is 11.1 Å². The van der Waals surface area contributed by atoms with Gasteiger partial charge in [-0.15, -0.1) is 0 Å². The first-order chi connectivity index (χ1) is 8.18. The van der Waals surface area contributed by atoms with Gasteiger partial charge in [-0.1, -0.05) is 27.7 Å². The van der Waals surface area contributed by atoms with Crippen molar-refractivity contribution in [3.05, 3.63) is 0 Å². The molecule has 1 fully saturated rings. The van der Waals surface area contributed by atoms with E-state index in [1.807, 2.05) is 0 Å². The predicted molar refractivity (Wildman–Crippen MR) is 79.6 cm³/mol. The Kier molecular flexibility index (Phi) is 5.53. The molecule has 108 valence electrons. The van der Waals surface area contributed by atoms with Crippen molar-refractivity contribution in [1.29, 1.82) is 0 Å². The Bertz CT molecular complexity index is 363. The van der Waals surface area contributed by atoms with E-state index in [1.54, 1.807) is 18.7 Å². The minimum absolute atomic E-state index is 0.00449. The van der Waals surface area contributed by atoms with Gasteiger partial charge in [0.15, 0.2) is 9.84 Å². The number of nitrogens with zero attached hydrogens (tertiary/aromatic N) is 1. The highest BCUT2D eigenvalue weighted by Crippen LogP contribution is 2.24. The van der Waals surface area contributed by atoms with Crippen LogP contribution in [0.15, 0.2) is 0 Å². The molecule has 2 N–H and O–H groups in total. The molecule has 1 aliphatic rings. The molecule has 0 saturated carbocycles. The fraction of sp³-hybridized carbons (Fsp3) is 1.00. The average molecular weight is 294 g/mol. The number of rotatable bonds is 4. The van der Waals surface area contributed by atoms with Crippen LogP contribution in [0, 0.1) is 5.41 Å². The molecule has 18 heavy (non-hydrogen) atoms. The molecule has 0 aromatic rings. The van der Waals surface area contributed by atoms with E-state index in [0.29, 0.717) is 12.3 Å². The first-order valence-electron chi connectivity index (χ1n) is 6.47. The minimum Gasteiger partial charge on any atom is -0.326 e. The number of thioether (sulfide) groups is 1. The van der Waals surface area contributed by atoms with Crippen molar-refractivity contribution in [2.45, 2.75) is 39.1 Å². The minimum atomic E-state index is -3.01. The summed E-state index contributed by atoms with van der Waals surface area (Å²) in [5.41, 5.74) is 6.19. The SMILES string of the molecule is CCS(=O)(=O)C1CSCCN1C[C@H](N)C(C)(C)C. The van der Waals surface area contributed by atoms with Crippen molar-refractivity contribution in [1.82, 2.24) is 4.90 Å². The molecular formula is C12H26N2O2S2. The molecule has 0 aliphatic carbocycles. The van der Waals surface area contributed by atoms with Gasteiger partial charge in [0.2, 0.25) is 0 Å². The summed E-state index contributed by atoms with van der Waals surface area (Å²) in [6.45, 7) is 9.49. The topological polar surface area (TPSA) is 63.4 Å². The molecule has 1 aliphatic heterocycles. The summed E-state index contributed by atoms with van der Waals surface area (Å²) in [7, 11) is -3.01. The van der Waals surface area contributed by atoms with Crippen molar-refractivity contribution >= 4 is 21.6 Å². The van der Waals surface area contributed by atoms with Crippen LogP contribution in [0.25, 0.3) is 0 Å². The van der Waals surface area contributed by atoms with Crippen LogP contribution in [0.4, 0.5) is 0 Å². The van der Waals surface area contributed by atoms with Crippen molar-refractivity contribution in [3.63, 3.8) is 0 Å². The second-order valence-electron chi connectivity index (χ2n) is 5.95. The van der Waals surface area contributed by atoms with Crippen LogP contribution in [0.3, 0.4) is 0 Å². The average Bonchev–Trinajstić information content (AvgIpc) is 2.28. The Morgan fingerprint density at radius 1 is 1.44 bits per heavy atom. The highest BCUT2D eigenvalue weighted by Gasteiger charge is 2.35. The van der Waals surface area contributed by atoms with Crippen LogP contribution in [-0.4, -0.2) is 55.1 Å². The van der Waals surface area contributed by atoms with E-state index in [1.165, 1.54) is 0 Å². The van der Waals surface area contributed by atoms with Gasteiger partial charge in [-0.05, 0) is 5.41 Å². The first-order valence-corrected chi connectivity index (χ1v) is 9.34. The summed E-state index contributed by atoms with van der Waals surface area (Å²) >= 11 is 1.72. The molecule has 2 atom stereocenters. The highest BCUT2D eigenvalue weighted by molar-refractivity contribution is 8.01. The number of hydrogen-bond donors (Lipinski definition) is 1. The van der Waals surface area contributed by atoms with Gasteiger partial charge in [-0.25, -0.2) is 8.42 Å². The first kappa shape index (κ1) is 16.3. The van der Waals surface area contributed by atoms with Crippen molar-refractivity contribution in [2.75, 3.05) is 30.3 Å². The van der Waals surface area contributed by atoms with Crippen molar-refractivity contribution < 1.29 is 8.42 Å². The van der Waals surface area contributed by atoms with E-state index in [9.17, 15) is 8.42 Å². The third kappa shape index (κ3) is 4.11. The van der Waals surface area contributed by atoms with Gasteiger partial charge >= 0.3 is 0 Å². The van der Waals surface area contributed by atoms with E-state index < -0.39 is 9.84 Å². The molecule has 0 spiro atoms. The maximum Gasteiger partial charge on any atom is 0.166 e. The lowest BCUT2D eigenvalue weighted by Gasteiger charge is -2.39. The zero-order valence-corrected chi connectivity index (χ0v) is 13.5. The van der Waals surface area contributed by atoms with Gasteiger partial charge in [0.1, 0.15) is 5.37 Å². The van der Waals surface area contributed by atoms with E-state index in [0.717, 1.165) is 12.3 Å². The molecule has 6 heteroatoms. The smallest absolute Gasteiger partial charge is 0.166 e. The van der Waals surface area contributed by atoms with E-state index in [-0.39, 0.29) is 22.6 Å². The van der Waals surface area contributed by atoms with E-state index in [4.69, 9.17) is 5.73 Å². The molecule has 0 bridgehead atoms. The molecule has 0 radical (unpaired) electrons. The molecule has 0 aromatic heterocycles. The lowest BCUT2D eigenvalue weighted by molar-refractivity contribution is 0.196. The molecule has 0 aromatic carbocycles. The third-order valence-electron chi connectivity index (χ3n) is 3.55. The molecule has 4 nitrogen and oxygen atoms in total. The van der Waals surface area contributed by atoms with Crippen LogP contribution in [-0.2, 0) is 9.84 Å². The fourth-order valence-electron chi connectivity index (χ4n) is 1.87. The fourth-order valence-corrected chi connectivity index (χ4v) is 4.97. The van der Waals surface area contributed by atoms with Crippen LogP contribution < -0.4 is 5.73 Å². The lowest BCUT2D eigenvalue weighted by atomic mass is 9.87. The summed E-state index contributed by atoms with van der Waals surface area (Å²) in [5, 5.41) is -0.352. The molecule has 1 saturated heterocycles. The lowest BCUT2D eigenvalue weighted by Crippen LogP contribution is -2.54. The van der Waals surface area contributed by atoms with Crippen LogP contribution in [0.5, 0.6) is 0 Å². The molecule has 1 rings (SSSR count). The summed E-state index contributed by atoms with van der Waals surface area (Å²) in [4.78, 5) is 2.06. The normalized spacial score (nSPS) is 25.1. The number of sulfone groups is 1. The summed E-state index contributed by atoms with van der Waals surface area (Å²) in [6, 6.07) is -0.00449. The Hall–Kier alpha value is 0.220. The molecular weight excluding hydrogens is 268 g/mol. The van der Waals surface area contributed by atoms with Crippen molar-refractivity contribution in [3.8, 4) is 0 Å². The standard InChI is InChI=1S/C12H26N2O2S2/c1-5-18(15,16)11-9-17-7-6-14(11)8-10(13)12(2,3)4/h10-11H,5-9,13H2,1-4H3/t10-,11?/m0/s1. The van der Waals surface area contributed by atoms with Crippen LogP contribution in [0.2, 0.25) is 0 Å². The maximum absolute atomic E-state index is 12.1. The zero-order valence-electron chi connectivity index (χ0n) is 11.8. The largest absolute Gasteiger partial charge is 0.326 e. The monoisotopic (exact) mass is 294 g/mol. The second kappa shape index (κ2) is 6.11. The second-order valence-corrected chi connectivity index (χ2v) is 9.55. The van der Waals surface area contributed by atoms with Crippen LogP contribution in [0.1, 0.15) is 27.7 Å². The molecule has 0 amide bonds. The maximum atomic E-state index is 12.1. The zero-order chi connectivity index (χ0) is 14.0. The number of nitrogens with two attached hydrogens (primary N) is 1. The van der Waals surface area contributed by atoms with Gasteiger partial charge in [0.05, 0.1) is 0 Å². The Balaban J connectivity index is 2.78. The Morgan fingerprint density at radius 2 is 2.06 bits per heavy atom. The third-order valence-corrected chi connectivity index (χ3v) is 6.88. The van der Waals surface area contributed by atoms with Gasteiger partial charge < -0.3 is 5.73 Å².